The Morgan fingerprint density at radius 2 is 1.81 bits per heavy atom. The highest BCUT2D eigenvalue weighted by Gasteiger charge is 2.60. The number of hydrogen-bond acceptors (Lipinski definition) is 3. The smallest absolute Gasteiger partial charge is 0.293 e. The molecule has 1 aromatic carbocycles. The molecule has 4 saturated carbocycles. The molecular weight excluding hydrogens is 446 g/mol. The van der Waals surface area contributed by atoms with E-state index in [1.807, 2.05) is 31.2 Å². The van der Waals surface area contributed by atoms with Crippen molar-refractivity contribution in [1.82, 2.24) is 0 Å². The topological polar surface area (TPSA) is 55.4 Å². The molecule has 1 aromatic rings. The highest BCUT2D eigenvalue weighted by Crippen LogP contribution is 2.68. The van der Waals surface area contributed by atoms with Gasteiger partial charge in [0.15, 0.2) is 0 Å². The third kappa shape index (κ3) is 4.52. The average Bonchev–Trinajstić information content (AvgIpc) is 3.22. The highest BCUT2D eigenvalue weighted by atomic mass is 16.5. The summed E-state index contributed by atoms with van der Waals surface area (Å²) in [4.78, 5) is 23.7. The Kier molecular flexibility index (Phi) is 7.26. The van der Waals surface area contributed by atoms with Crippen molar-refractivity contribution in [3.63, 3.8) is 0 Å². The van der Waals surface area contributed by atoms with Crippen LogP contribution < -0.4 is 5.32 Å². The van der Waals surface area contributed by atoms with E-state index in [0.29, 0.717) is 35.6 Å². The van der Waals surface area contributed by atoms with E-state index in [9.17, 15) is 9.59 Å². The Balaban J connectivity index is 1.21. The molecule has 198 valence electrons. The van der Waals surface area contributed by atoms with Crippen molar-refractivity contribution < 1.29 is 14.3 Å². The summed E-state index contributed by atoms with van der Waals surface area (Å²) in [6, 6.07) is 8.04. The molecule has 4 nitrogen and oxygen atoms in total. The molecule has 0 radical (unpaired) electrons. The van der Waals surface area contributed by atoms with Gasteiger partial charge in [0.1, 0.15) is 6.10 Å². The molecule has 1 N–H and O–H groups in total. The first kappa shape index (κ1) is 25.8. The molecule has 1 amide bonds. The lowest BCUT2D eigenvalue weighted by atomic mass is 9.44. The second kappa shape index (κ2) is 10.1. The number of benzene rings is 1. The SMILES string of the molecule is Cc1ccccc1NC(=O)CC[C@@H](C)[C@H]1CCC2C3CCC4C[C@H](OC=O)CCC4(C)C3CCC21C. The van der Waals surface area contributed by atoms with Gasteiger partial charge in [0.05, 0.1) is 0 Å². The van der Waals surface area contributed by atoms with Gasteiger partial charge in [-0.25, -0.2) is 0 Å². The van der Waals surface area contributed by atoms with Gasteiger partial charge < -0.3 is 10.1 Å². The molecule has 0 saturated heterocycles. The van der Waals surface area contributed by atoms with Crippen LogP contribution in [0.1, 0.15) is 97.0 Å². The molecule has 0 bridgehead atoms. The average molecular weight is 494 g/mol. The molecule has 0 aliphatic heterocycles. The fraction of sp³-hybridized carbons (Fsp3) is 0.750. The quantitative estimate of drug-likeness (QED) is 0.399. The van der Waals surface area contributed by atoms with Gasteiger partial charge in [-0.3, -0.25) is 9.59 Å². The van der Waals surface area contributed by atoms with Crippen LogP contribution >= 0.6 is 0 Å². The molecule has 0 spiro atoms. The molecule has 5 rings (SSSR count). The zero-order valence-electron chi connectivity index (χ0n) is 22.9. The van der Waals surface area contributed by atoms with Crippen molar-refractivity contribution >= 4 is 18.1 Å². The predicted molar refractivity (Wildman–Crippen MR) is 144 cm³/mol. The van der Waals surface area contributed by atoms with Crippen LogP contribution in [-0.4, -0.2) is 18.5 Å². The van der Waals surface area contributed by atoms with Crippen molar-refractivity contribution in [2.24, 2.45) is 46.3 Å². The van der Waals surface area contributed by atoms with Crippen molar-refractivity contribution in [3.05, 3.63) is 29.8 Å². The van der Waals surface area contributed by atoms with E-state index < -0.39 is 0 Å². The summed E-state index contributed by atoms with van der Waals surface area (Å²) < 4.78 is 5.41. The maximum atomic E-state index is 12.7. The summed E-state index contributed by atoms with van der Waals surface area (Å²) in [7, 11) is 0. The number of carbonyl (C=O) groups excluding carboxylic acids is 2. The first-order chi connectivity index (χ1) is 17.3. The van der Waals surface area contributed by atoms with E-state index in [1.165, 1.54) is 44.9 Å². The van der Waals surface area contributed by atoms with Crippen molar-refractivity contribution in [3.8, 4) is 0 Å². The Hall–Kier alpha value is -1.84. The number of rotatable bonds is 7. The maximum Gasteiger partial charge on any atom is 0.293 e. The lowest BCUT2D eigenvalue weighted by Gasteiger charge is -2.61. The highest BCUT2D eigenvalue weighted by molar-refractivity contribution is 5.91. The van der Waals surface area contributed by atoms with E-state index >= 15 is 0 Å². The van der Waals surface area contributed by atoms with E-state index in [0.717, 1.165) is 54.2 Å². The van der Waals surface area contributed by atoms with Gasteiger partial charge in [-0.1, -0.05) is 39.0 Å². The molecule has 36 heavy (non-hydrogen) atoms. The molecule has 4 heteroatoms. The van der Waals surface area contributed by atoms with Gasteiger partial charge in [0, 0.05) is 12.1 Å². The molecular formula is C32H47NO3. The van der Waals surface area contributed by atoms with Crippen molar-refractivity contribution in [1.29, 1.82) is 0 Å². The third-order valence-corrected chi connectivity index (χ3v) is 11.9. The fourth-order valence-electron chi connectivity index (χ4n) is 9.88. The first-order valence-electron chi connectivity index (χ1n) is 14.7. The van der Waals surface area contributed by atoms with Crippen LogP contribution in [0, 0.1) is 53.3 Å². The van der Waals surface area contributed by atoms with Gasteiger partial charge >= 0.3 is 0 Å². The Bertz CT molecular complexity index is 960. The van der Waals surface area contributed by atoms with Gasteiger partial charge in [-0.15, -0.1) is 0 Å². The molecule has 4 aliphatic carbocycles. The Morgan fingerprint density at radius 1 is 1.06 bits per heavy atom. The summed E-state index contributed by atoms with van der Waals surface area (Å²) in [5.74, 6) is 4.71. The van der Waals surface area contributed by atoms with Gasteiger partial charge in [-0.2, -0.15) is 0 Å². The van der Waals surface area contributed by atoms with Gasteiger partial charge in [0.2, 0.25) is 5.91 Å². The van der Waals surface area contributed by atoms with Crippen molar-refractivity contribution in [2.75, 3.05) is 5.32 Å². The number of nitrogens with one attached hydrogen (secondary N) is 1. The summed E-state index contributed by atoms with van der Waals surface area (Å²) in [5.41, 5.74) is 2.91. The summed E-state index contributed by atoms with van der Waals surface area (Å²) in [5, 5.41) is 3.13. The largest absolute Gasteiger partial charge is 0.465 e. The predicted octanol–water partition coefficient (Wildman–Crippen LogP) is 7.55. The number of anilines is 1. The minimum Gasteiger partial charge on any atom is -0.465 e. The minimum atomic E-state index is 0.144. The third-order valence-electron chi connectivity index (χ3n) is 11.9. The lowest BCUT2D eigenvalue weighted by molar-refractivity contribution is -0.151. The van der Waals surface area contributed by atoms with E-state index in [2.05, 4.69) is 26.1 Å². The van der Waals surface area contributed by atoms with E-state index in [1.54, 1.807) is 0 Å². The summed E-state index contributed by atoms with van der Waals surface area (Å²) in [6.07, 6.45) is 13.2. The Labute approximate surface area is 218 Å². The summed E-state index contributed by atoms with van der Waals surface area (Å²) in [6.45, 7) is 10.3. The molecule has 4 aliphatic rings. The zero-order chi connectivity index (χ0) is 25.5. The van der Waals surface area contributed by atoms with Crippen LogP contribution in [-0.2, 0) is 14.3 Å². The van der Waals surface area contributed by atoms with Crippen molar-refractivity contribution in [2.45, 2.75) is 104 Å². The monoisotopic (exact) mass is 493 g/mol. The molecule has 9 atom stereocenters. The van der Waals surface area contributed by atoms with Crippen LogP contribution in [0.5, 0.6) is 0 Å². The molecule has 4 fully saturated rings. The number of aryl methyl sites for hydroxylation is 1. The Morgan fingerprint density at radius 3 is 2.58 bits per heavy atom. The van der Waals surface area contributed by atoms with Crippen LogP contribution in [0.2, 0.25) is 0 Å². The minimum absolute atomic E-state index is 0.144. The number of ether oxygens (including phenoxy) is 1. The van der Waals surface area contributed by atoms with Gasteiger partial charge in [-0.05, 0) is 129 Å². The van der Waals surface area contributed by atoms with E-state index in [4.69, 9.17) is 4.74 Å². The molecule has 6 unspecified atom stereocenters. The second-order valence-corrected chi connectivity index (χ2v) is 13.4. The lowest BCUT2D eigenvalue weighted by Crippen LogP contribution is -2.54. The number of fused-ring (bicyclic) bond motifs is 5. The zero-order valence-corrected chi connectivity index (χ0v) is 22.9. The maximum absolute atomic E-state index is 12.7. The second-order valence-electron chi connectivity index (χ2n) is 13.4. The van der Waals surface area contributed by atoms with Crippen LogP contribution in [0.3, 0.4) is 0 Å². The summed E-state index contributed by atoms with van der Waals surface area (Å²) >= 11 is 0. The first-order valence-corrected chi connectivity index (χ1v) is 14.7. The van der Waals surface area contributed by atoms with E-state index in [-0.39, 0.29) is 12.0 Å². The van der Waals surface area contributed by atoms with Crippen LogP contribution in [0.15, 0.2) is 24.3 Å². The van der Waals surface area contributed by atoms with Gasteiger partial charge in [0.25, 0.3) is 6.47 Å². The van der Waals surface area contributed by atoms with Crippen LogP contribution in [0.25, 0.3) is 0 Å². The number of amides is 1. The molecule has 0 heterocycles. The normalized spacial score (nSPS) is 40.3. The fourth-order valence-corrected chi connectivity index (χ4v) is 9.88. The van der Waals surface area contributed by atoms with Crippen LogP contribution in [0.4, 0.5) is 5.69 Å². The number of hydrogen-bond donors (Lipinski definition) is 1. The number of para-hydroxylation sites is 1. The number of carbonyl (C=O) groups is 2. The standard InChI is InChI=1S/C32H47NO3/c1-21(9-14-30(35)33-29-8-6-5-7-22(29)2)26-12-13-27-25-11-10-23-19-24(36-20-34)15-17-31(23,3)28(25)16-18-32(26,27)4/h5-8,20-21,23-28H,9-19H2,1-4H3,(H,33,35)/t21-,23?,24-,25?,26-,27?,28?,31?,32?/m1/s1. The molecule has 0 aromatic heterocycles.